The summed E-state index contributed by atoms with van der Waals surface area (Å²) in [6.07, 6.45) is 4.10. The second-order valence-electron chi connectivity index (χ2n) is 4.35. The average molecular weight is 270 g/mol. The number of nitrogen functional groups attached to an aromatic ring is 1. The molecule has 1 fully saturated rings. The summed E-state index contributed by atoms with van der Waals surface area (Å²) in [5, 5.41) is 0.00727. The molecular weight excluding hydrogens is 252 g/mol. The van der Waals surface area contributed by atoms with E-state index in [-0.39, 0.29) is 11.1 Å². The van der Waals surface area contributed by atoms with Crippen LogP contribution in [-0.2, 0) is 10.0 Å². The number of sulfonamides is 1. The summed E-state index contributed by atoms with van der Waals surface area (Å²) < 4.78 is 26.6. The second-order valence-corrected chi connectivity index (χ2v) is 6.15. The summed E-state index contributed by atoms with van der Waals surface area (Å²) in [5.74, 6) is 5.34. The highest BCUT2D eigenvalue weighted by molar-refractivity contribution is 7.89. The predicted octanol–water partition coefficient (Wildman–Crippen LogP) is 0.930. The summed E-state index contributed by atoms with van der Waals surface area (Å²) in [5.41, 5.74) is 2.72. The zero-order chi connectivity index (χ0) is 13.2. The first kappa shape index (κ1) is 13.3. The molecule has 1 aromatic heterocycles. The molecule has 0 aliphatic heterocycles. The molecule has 7 heteroatoms. The van der Waals surface area contributed by atoms with Crippen molar-refractivity contribution in [3.63, 3.8) is 0 Å². The molecule has 0 atom stereocenters. The summed E-state index contributed by atoms with van der Waals surface area (Å²) in [4.78, 5) is 3.96. The molecule has 0 unspecified atom stereocenters. The first-order valence-electron chi connectivity index (χ1n) is 6.04. The van der Waals surface area contributed by atoms with Crippen LogP contribution in [0.5, 0.6) is 0 Å². The molecule has 6 nitrogen and oxygen atoms in total. The first-order chi connectivity index (χ1) is 8.61. The molecule has 18 heavy (non-hydrogen) atoms. The van der Waals surface area contributed by atoms with Gasteiger partial charge in [-0.3, -0.25) is 5.84 Å². The van der Waals surface area contributed by atoms with Crippen molar-refractivity contribution >= 4 is 15.7 Å². The van der Waals surface area contributed by atoms with E-state index in [4.69, 9.17) is 5.84 Å². The van der Waals surface area contributed by atoms with E-state index < -0.39 is 10.0 Å². The van der Waals surface area contributed by atoms with Gasteiger partial charge in [-0.1, -0.05) is 6.92 Å². The quantitative estimate of drug-likeness (QED) is 0.593. The fourth-order valence-electron chi connectivity index (χ4n) is 1.90. The van der Waals surface area contributed by atoms with E-state index in [0.29, 0.717) is 12.2 Å². The van der Waals surface area contributed by atoms with Gasteiger partial charge < -0.3 is 5.43 Å². The van der Waals surface area contributed by atoms with Gasteiger partial charge in [-0.2, -0.15) is 4.31 Å². The molecule has 3 N–H and O–H groups in total. The number of hydrogen-bond donors (Lipinski definition) is 2. The van der Waals surface area contributed by atoms with Crippen molar-refractivity contribution in [1.82, 2.24) is 9.29 Å². The Hall–Kier alpha value is -1.18. The lowest BCUT2D eigenvalue weighted by molar-refractivity contribution is 0.401. The van der Waals surface area contributed by atoms with Gasteiger partial charge in [-0.05, 0) is 31.4 Å². The normalized spacial score (nSPS) is 15.9. The Balaban J connectivity index is 2.39. The molecule has 1 aromatic rings. The lowest BCUT2D eigenvalue weighted by Gasteiger charge is -2.21. The highest BCUT2D eigenvalue weighted by atomic mass is 32.2. The van der Waals surface area contributed by atoms with E-state index in [0.717, 1.165) is 19.3 Å². The third kappa shape index (κ3) is 2.47. The van der Waals surface area contributed by atoms with Crippen LogP contribution in [0, 0.1) is 0 Å². The van der Waals surface area contributed by atoms with Gasteiger partial charge in [0.05, 0.1) is 5.69 Å². The van der Waals surface area contributed by atoms with E-state index in [9.17, 15) is 8.42 Å². The number of nitrogens with zero attached hydrogens (tertiary/aromatic N) is 2. The number of nitrogens with one attached hydrogen (secondary N) is 1. The van der Waals surface area contributed by atoms with E-state index in [1.807, 2.05) is 6.92 Å². The second kappa shape index (κ2) is 5.21. The maximum atomic E-state index is 12.6. The molecule has 1 aliphatic rings. The van der Waals surface area contributed by atoms with Crippen LogP contribution in [0.3, 0.4) is 0 Å². The van der Waals surface area contributed by atoms with Gasteiger partial charge in [-0.25, -0.2) is 13.4 Å². The molecule has 0 spiro atoms. The summed E-state index contributed by atoms with van der Waals surface area (Å²) >= 11 is 0. The summed E-state index contributed by atoms with van der Waals surface area (Å²) in [6.45, 7) is 2.49. The Labute approximate surface area is 107 Å². The lowest BCUT2D eigenvalue weighted by atomic mass is 10.4. The Kier molecular flexibility index (Phi) is 3.84. The highest BCUT2D eigenvalue weighted by Crippen LogP contribution is 2.33. The van der Waals surface area contributed by atoms with Gasteiger partial charge in [-0.15, -0.1) is 0 Å². The molecule has 2 rings (SSSR count). The van der Waals surface area contributed by atoms with E-state index in [1.54, 1.807) is 12.1 Å². The third-order valence-corrected chi connectivity index (χ3v) is 4.79. The van der Waals surface area contributed by atoms with Gasteiger partial charge >= 0.3 is 0 Å². The lowest BCUT2D eigenvalue weighted by Crippen LogP contribution is -2.35. The third-order valence-electron chi connectivity index (χ3n) is 2.88. The monoisotopic (exact) mass is 270 g/mol. The van der Waals surface area contributed by atoms with Crippen LogP contribution in [0.2, 0.25) is 0 Å². The van der Waals surface area contributed by atoms with Crippen molar-refractivity contribution < 1.29 is 8.42 Å². The summed E-state index contributed by atoms with van der Waals surface area (Å²) in [7, 11) is -3.56. The summed E-state index contributed by atoms with van der Waals surface area (Å²) in [6, 6.07) is 3.38. The Morgan fingerprint density at radius 1 is 1.56 bits per heavy atom. The number of nitrogens with two attached hydrogens (primary N) is 1. The zero-order valence-corrected chi connectivity index (χ0v) is 11.2. The maximum absolute atomic E-state index is 12.6. The molecule has 0 radical (unpaired) electrons. The SMILES string of the molecule is CCCN(C1CC1)S(=O)(=O)c1ncccc1NN. The van der Waals surface area contributed by atoms with Crippen LogP contribution >= 0.6 is 0 Å². The van der Waals surface area contributed by atoms with Crippen molar-refractivity contribution in [1.29, 1.82) is 0 Å². The molecule has 0 saturated heterocycles. The fraction of sp³-hybridized carbons (Fsp3) is 0.545. The molecular formula is C11H18N4O2S. The van der Waals surface area contributed by atoms with Crippen molar-refractivity contribution in [2.24, 2.45) is 5.84 Å². The van der Waals surface area contributed by atoms with Gasteiger partial charge in [0.1, 0.15) is 0 Å². The largest absolute Gasteiger partial charge is 0.321 e. The molecule has 100 valence electrons. The molecule has 0 aromatic carbocycles. The van der Waals surface area contributed by atoms with Crippen molar-refractivity contribution in [3.8, 4) is 0 Å². The molecule has 1 aliphatic carbocycles. The van der Waals surface area contributed by atoms with E-state index >= 15 is 0 Å². The smallest absolute Gasteiger partial charge is 0.262 e. The average Bonchev–Trinajstić information content (AvgIpc) is 3.19. The Bertz CT molecular complexity index is 514. The maximum Gasteiger partial charge on any atom is 0.262 e. The number of rotatable bonds is 6. The molecule has 0 amide bonds. The number of pyridine rings is 1. The van der Waals surface area contributed by atoms with Gasteiger partial charge in [0, 0.05) is 18.8 Å². The van der Waals surface area contributed by atoms with Crippen LogP contribution in [-0.4, -0.2) is 30.3 Å². The van der Waals surface area contributed by atoms with E-state index in [1.165, 1.54) is 10.5 Å². The van der Waals surface area contributed by atoms with Crippen LogP contribution < -0.4 is 11.3 Å². The highest BCUT2D eigenvalue weighted by Gasteiger charge is 2.39. The number of hydrogen-bond acceptors (Lipinski definition) is 5. The van der Waals surface area contributed by atoms with Gasteiger partial charge in [0.25, 0.3) is 10.0 Å². The Morgan fingerprint density at radius 3 is 2.83 bits per heavy atom. The number of hydrazine groups is 1. The number of aromatic nitrogens is 1. The van der Waals surface area contributed by atoms with E-state index in [2.05, 4.69) is 10.4 Å². The van der Waals surface area contributed by atoms with Gasteiger partial charge in [0.15, 0.2) is 5.03 Å². The standard InChI is InChI=1S/C11H18N4O2S/c1-2-8-15(9-5-6-9)18(16,17)11-10(14-12)4-3-7-13-11/h3-4,7,9,14H,2,5-6,8,12H2,1H3. The van der Waals surface area contributed by atoms with Crippen molar-refractivity contribution in [2.75, 3.05) is 12.0 Å². The van der Waals surface area contributed by atoms with Crippen LogP contribution in [0.1, 0.15) is 26.2 Å². The number of anilines is 1. The molecule has 1 heterocycles. The first-order valence-corrected chi connectivity index (χ1v) is 7.48. The predicted molar refractivity (Wildman–Crippen MR) is 69.3 cm³/mol. The molecule has 1 saturated carbocycles. The van der Waals surface area contributed by atoms with Crippen LogP contribution in [0.4, 0.5) is 5.69 Å². The molecule has 0 bridgehead atoms. The fourth-order valence-corrected chi connectivity index (χ4v) is 3.75. The minimum Gasteiger partial charge on any atom is -0.321 e. The van der Waals surface area contributed by atoms with Crippen molar-refractivity contribution in [2.45, 2.75) is 37.3 Å². The van der Waals surface area contributed by atoms with Crippen molar-refractivity contribution in [3.05, 3.63) is 18.3 Å². The van der Waals surface area contributed by atoms with Gasteiger partial charge in [0.2, 0.25) is 0 Å². The zero-order valence-electron chi connectivity index (χ0n) is 10.3. The minimum absolute atomic E-state index is 0.00727. The van der Waals surface area contributed by atoms with Crippen LogP contribution in [0.15, 0.2) is 23.4 Å². The van der Waals surface area contributed by atoms with Crippen LogP contribution in [0.25, 0.3) is 0 Å². The topological polar surface area (TPSA) is 88.3 Å². The minimum atomic E-state index is -3.56. The Morgan fingerprint density at radius 2 is 2.28 bits per heavy atom.